The summed E-state index contributed by atoms with van der Waals surface area (Å²) in [6, 6.07) is 15.0. The number of methoxy groups -OCH3 is 1. The monoisotopic (exact) mass is 442 g/mol. The standard InChI is InChI=1S/C23H23FN2O4S/c1-3-25-22(27)14-30-18-9-4-15(12-19(18)29-2)13-26-23(28)21-11-10-20(31-21)16-5-7-17(24)8-6-16/h4-12H,3,13-14H2,1-2H3,(H,25,27)(H,26,28). The summed E-state index contributed by atoms with van der Waals surface area (Å²) in [7, 11) is 1.51. The van der Waals surface area contributed by atoms with Gasteiger partial charge in [-0.05, 0) is 54.4 Å². The summed E-state index contributed by atoms with van der Waals surface area (Å²) < 4.78 is 23.9. The highest BCUT2D eigenvalue weighted by Gasteiger charge is 2.12. The fourth-order valence-electron chi connectivity index (χ4n) is 2.83. The van der Waals surface area contributed by atoms with Crippen LogP contribution >= 0.6 is 11.3 Å². The van der Waals surface area contributed by atoms with Crippen LogP contribution in [-0.2, 0) is 11.3 Å². The van der Waals surface area contributed by atoms with E-state index in [1.54, 1.807) is 36.4 Å². The van der Waals surface area contributed by atoms with Crippen molar-refractivity contribution in [2.75, 3.05) is 20.3 Å². The lowest BCUT2D eigenvalue weighted by Crippen LogP contribution is -2.28. The highest BCUT2D eigenvalue weighted by atomic mass is 32.1. The molecule has 3 aromatic rings. The minimum absolute atomic E-state index is 0.102. The van der Waals surface area contributed by atoms with Crippen molar-refractivity contribution >= 4 is 23.2 Å². The van der Waals surface area contributed by atoms with E-state index in [0.29, 0.717) is 29.5 Å². The van der Waals surface area contributed by atoms with Crippen LogP contribution in [0.3, 0.4) is 0 Å². The molecule has 2 amide bonds. The van der Waals surface area contributed by atoms with E-state index in [0.717, 1.165) is 16.0 Å². The third kappa shape index (κ3) is 6.05. The van der Waals surface area contributed by atoms with Gasteiger partial charge in [-0.3, -0.25) is 9.59 Å². The second-order valence-corrected chi connectivity index (χ2v) is 7.66. The number of nitrogens with one attached hydrogen (secondary N) is 2. The van der Waals surface area contributed by atoms with Crippen LogP contribution in [0.2, 0.25) is 0 Å². The highest BCUT2D eigenvalue weighted by Crippen LogP contribution is 2.29. The summed E-state index contributed by atoms with van der Waals surface area (Å²) >= 11 is 1.34. The lowest BCUT2D eigenvalue weighted by atomic mass is 10.2. The first-order valence-corrected chi connectivity index (χ1v) is 10.5. The largest absolute Gasteiger partial charge is 0.493 e. The number of amides is 2. The van der Waals surface area contributed by atoms with E-state index in [9.17, 15) is 14.0 Å². The summed E-state index contributed by atoms with van der Waals surface area (Å²) in [5.41, 5.74) is 1.68. The van der Waals surface area contributed by atoms with Crippen molar-refractivity contribution in [2.24, 2.45) is 0 Å². The Labute approximate surface area is 184 Å². The van der Waals surface area contributed by atoms with Crippen LogP contribution in [-0.4, -0.2) is 32.1 Å². The molecule has 162 valence electrons. The van der Waals surface area contributed by atoms with E-state index in [4.69, 9.17) is 9.47 Å². The lowest BCUT2D eigenvalue weighted by Gasteiger charge is -2.12. The molecule has 0 saturated heterocycles. The first kappa shape index (κ1) is 22.3. The van der Waals surface area contributed by atoms with E-state index in [2.05, 4.69) is 10.6 Å². The van der Waals surface area contributed by atoms with E-state index < -0.39 is 0 Å². The van der Waals surface area contributed by atoms with Gasteiger partial charge in [0.1, 0.15) is 5.82 Å². The number of hydrogen-bond acceptors (Lipinski definition) is 5. The topological polar surface area (TPSA) is 76.7 Å². The number of halogens is 1. The van der Waals surface area contributed by atoms with Gasteiger partial charge < -0.3 is 20.1 Å². The molecule has 0 bridgehead atoms. The first-order chi connectivity index (χ1) is 15.0. The molecule has 1 heterocycles. The Balaban J connectivity index is 1.60. The molecule has 0 fully saturated rings. The van der Waals surface area contributed by atoms with Crippen molar-refractivity contribution in [3.05, 3.63) is 70.9 Å². The Morgan fingerprint density at radius 3 is 2.48 bits per heavy atom. The van der Waals surface area contributed by atoms with Gasteiger partial charge in [0.15, 0.2) is 18.1 Å². The Kier molecular flexibility index (Phi) is 7.61. The Bertz CT molecular complexity index is 1050. The van der Waals surface area contributed by atoms with Crippen molar-refractivity contribution in [3.8, 4) is 21.9 Å². The van der Waals surface area contributed by atoms with Crippen molar-refractivity contribution < 1.29 is 23.5 Å². The zero-order chi connectivity index (χ0) is 22.2. The number of rotatable bonds is 9. The molecule has 8 heteroatoms. The minimum Gasteiger partial charge on any atom is -0.493 e. The van der Waals surface area contributed by atoms with E-state index in [1.807, 2.05) is 13.0 Å². The molecular weight excluding hydrogens is 419 g/mol. The number of carbonyl (C=O) groups is 2. The second kappa shape index (κ2) is 10.6. The quantitative estimate of drug-likeness (QED) is 0.525. The molecule has 0 aliphatic heterocycles. The van der Waals surface area contributed by atoms with Crippen LogP contribution in [0, 0.1) is 5.82 Å². The van der Waals surface area contributed by atoms with E-state index in [1.165, 1.54) is 30.6 Å². The van der Waals surface area contributed by atoms with Gasteiger partial charge in [0.2, 0.25) is 0 Å². The molecule has 2 N–H and O–H groups in total. The average Bonchev–Trinajstić information content (AvgIpc) is 3.27. The summed E-state index contributed by atoms with van der Waals surface area (Å²) in [6.07, 6.45) is 0. The number of likely N-dealkylation sites (N-methyl/N-ethyl adjacent to an activating group) is 1. The van der Waals surface area contributed by atoms with Gasteiger partial charge in [-0.15, -0.1) is 11.3 Å². The summed E-state index contributed by atoms with van der Waals surface area (Å²) in [5, 5.41) is 5.54. The zero-order valence-corrected chi connectivity index (χ0v) is 18.1. The van der Waals surface area contributed by atoms with Gasteiger partial charge in [-0.1, -0.05) is 18.2 Å². The number of hydrogen-bond donors (Lipinski definition) is 2. The third-order valence-electron chi connectivity index (χ3n) is 4.37. The first-order valence-electron chi connectivity index (χ1n) is 9.70. The predicted octanol–water partition coefficient (Wildman–Crippen LogP) is 4.01. The predicted molar refractivity (Wildman–Crippen MR) is 118 cm³/mol. The molecule has 0 aliphatic carbocycles. The minimum atomic E-state index is -0.297. The molecule has 0 saturated carbocycles. The average molecular weight is 443 g/mol. The van der Waals surface area contributed by atoms with Gasteiger partial charge in [0.05, 0.1) is 12.0 Å². The molecule has 0 radical (unpaired) electrons. The lowest BCUT2D eigenvalue weighted by molar-refractivity contribution is -0.123. The smallest absolute Gasteiger partial charge is 0.261 e. The molecular formula is C23H23FN2O4S. The molecule has 1 aromatic heterocycles. The van der Waals surface area contributed by atoms with Gasteiger partial charge in [0.25, 0.3) is 11.8 Å². The maximum absolute atomic E-state index is 13.1. The van der Waals surface area contributed by atoms with Gasteiger partial charge in [-0.2, -0.15) is 0 Å². The Hall–Kier alpha value is -3.39. The Morgan fingerprint density at radius 2 is 1.77 bits per heavy atom. The zero-order valence-electron chi connectivity index (χ0n) is 17.2. The molecule has 6 nitrogen and oxygen atoms in total. The number of benzene rings is 2. The van der Waals surface area contributed by atoms with Gasteiger partial charge in [-0.25, -0.2) is 4.39 Å². The maximum Gasteiger partial charge on any atom is 0.261 e. The molecule has 0 atom stereocenters. The van der Waals surface area contributed by atoms with Gasteiger partial charge >= 0.3 is 0 Å². The molecule has 3 rings (SSSR count). The number of ether oxygens (including phenoxy) is 2. The summed E-state index contributed by atoms with van der Waals surface area (Å²) in [4.78, 5) is 25.5. The maximum atomic E-state index is 13.1. The van der Waals surface area contributed by atoms with Crippen molar-refractivity contribution in [1.82, 2.24) is 10.6 Å². The summed E-state index contributed by atoms with van der Waals surface area (Å²) in [5.74, 6) is 0.219. The molecule has 2 aromatic carbocycles. The summed E-state index contributed by atoms with van der Waals surface area (Å²) in [6.45, 7) is 2.57. The second-order valence-electron chi connectivity index (χ2n) is 6.58. The number of carbonyl (C=O) groups excluding carboxylic acids is 2. The highest BCUT2D eigenvalue weighted by molar-refractivity contribution is 7.17. The van der Waals surface area contributed by atoms with Crippen LogP contribution in [0.4, 0.5) is 4.39 Å². The molecule has 0 spiro atoms. The normalized spacial score (nSPS) is 10.4. The number of thiophene rings is 1. The van der Waals surface area contributed by atoms with Crippen LogP contribution in [0.25, 0.3) is 10.4 Å². The van der Waals surface area contributed by atoms with Crippen molar-refractivity contribution in [2.45, 2.75) is 13.5 Å². The van der Waals surface area contributed by atoms with Crippen molar-refractivity contribution in [1.29, 1.82) is 0 Å². The van der Waals surface area contributed by atoms with Crippen molar-refractivity contribution in [3.63, 3.8) is 0 Å². The SMILES string of the molecule is CCNC(=O)COc1ccc(CNC(=O)c2ccc(-c3ccc(F)cc3)s2)cc1OC. The fourth-order valence-corrected chi connectivity index (χ4v) is 3.76. The van der Waals surface area contributed by atoms with E-state index >= 15 is 0 Å². The van der Waals surface area contributed by atoms with Gasteiger partial charge in [0, 0.05) is 18.0 Å². The fraction of sp³-hybridized carbons (Fsp3) is 0.217. The Morgan fingerprint density at radius 1 is 1.00 bits per heavy atom. The molecule has 0 aliphatic rings. The van der Waals surface area contributed by atoms with Crippen LogP contribution < -0.4 is 20.1 Å². The van der Waals surface area contributed by atoms with Crippen LogP contribution in [0.15, 0.2) is 54.6 Å². The molecule has 0 unspecified atom stereocenters. The van der Waals surface area contributed by atoms with Crippen LogP contribution in [0.1, 0.15) is 22.2 Å². The van der Waals surface area contributed by atoms with Crippen LogP contribution in [0.5, 0.6) is 11.5 Å². The third-order valence-corrected chi connectivity index (χ3v) is 5.51. The van der Waals surface area contributed by atoms with E-state index in [-0.39, 0.29) is 24.2 Å². The molecule has 31 heavy (non-hydrogen) atoms.